The van der Waals surface area contributed by atoms with Gasteiger partial charge in [-0.15, -0.1) is 0 Å². The van der Waals surface area contributed by atoms with E-state index in [4.69, 9.17) is 14.2 Å². The molecule has 6 nitrogen and oxygen atoms in total. The van der Waals surface area contributed by atoms with Crippen molar-refractivity contribution in [2.75, 3.05) is 25.1 Å². The molecule has 2 rings (SSSR count). The highest BCUT2D eigenvalue weighted by Gasteiger charge is 2.14. The van der Waals surface area contributed by atoms with Gasteiger partial charge in [0.15, 0.2) is 6.61 Å². The Kier molecular flexibility index (Phi) is 7.16. The lowest BCUT2D eigenvalue weighted by atomic mass is 10.1. The first-order valence-corrected chi connectivity index (χ1v) is 8.57. The quantitative estimate of drug-likeness (QED) is 0.712. The highest BCUT2D eigenvalue weighted by Crippen LogP contribution is 2.29. The van der Waals surface area contributed by atoms with Gasteiger partial charge in [0, 0.05) is 6.07 Å². The molecule has 0 saturated heterocycles. The van der Waals surface area contributed by atoms with E-state index in [1.807, 2.05) is 13.8 Å². The molecule has 2 aromatic carbocycles. The van der Waals surface area contributed by atoms with Crippen LogP contribution in [0.3, 0.4) is 0 Å². The monoisotopic (exact) mass is 375 g/mol. The van der Waals surface area contributed by atoms with Crippen LogP contribution >= 0.6 is 0 Å². The second kappa shape index (κ2) is 9.56. The second-order valence-electron chi connectivity index (χ2n) is 5.61. The molecule has 0 fully saturated rings. The van der Waals surface area contributed by atoms with E-state index in [9.17, 15) is 14.0 Å². The lowest BCUT2D eigenvalue weighted by molar-refractivity contribution is -0.119. The van der Waals surface area contributed by atoms with Gasteiger partial charge in [-0.3, -0.25) is 4.79 Å². The molecule has 27 heavy (non-hydrogen) atoms. The van der Waals surface area contributed by atoms with E-state index in [1.54, 1.807) is 25.1 Å². The number of hydrogen-bond donors (Lipinski definition) is 1. The summed E-state index contributed by atoms with van der Waals surface area (Å²) in [5.74, 6) is -0.796. The first kappa shape index (κ1) is 20.2. The Balaban J connectivity index is 2.01. The molecule has 1 amide bonds. The van der Waals surface area contributed by atoms with Crippen molar-refractivity contribution in [2.45, 2.75) is 20.8 Å². The number of hydrogen-bond acceptors (Lipinski definition) is 5. The molecule has 0 saturated carbocycles. The molecule has 0 aliphatic heterocycles. The first-order valence-electron chi connectivity index (χ1n) is 8.57. The van der Waals surface area contributed by atoms with Crippen LogP contribution in [-0.4, -0.2) is 31.7 Å². The van der Waals surface area contributed by atoms with Crippen LogP contribution in [0.15, 0.2) is 36.4 Å². The topological polar surface area (TPSA) is 73.9 Å². The minimum atomic E-state index is -0.780. The van der Waals surface area contributed by atoms with Crippen LogP contribution in [0, 0.1) is 12.7 Å². The lowest BCUT2D eigenvalue weighted by Gasteiger charge is -2.13. The number of halogens is 1. The number of carbonyl (C=O) groups excluding carboxylic acids is 2. The fraction of sp³-hybridized carbons (Fsp3) is 0.300. The Morgan fingerprint density at radius 1 is 1.04 bits per heavy atom. The zero-order valence-electron chi connectivity index (χ0n) is 15.5. The maximum Gasteiger partial charge on any atom is 0.338 e. The van der Waals surface area contributed by atoms with Crippen molar-refractivity contribution in [3.63, 3.8) is 0 Å². The Morgan fingerprint density at radius 2 is 1.78 bits per heavy atom. The molecule has 0 radical (unpaired) electrons. The Labute approximate surface area is 157 Å². The minimum Gasteiger partial charge on any atom is -0.494 e. The van der Waals surface area contributed by atoms with Gasteiger partial charge in [0.25, 0.3) is 5.91 Å². The fourth-order valence-corrected chi connectivity index (χ4v) is 2.27. The van der Waals surface area contributed by atoms with E-state index < -0.39 is 24.3 Å². The molecule has 1 N–H and O–H groups in total. The number of esters is 1. The number of rotatable bonds is 8. The Bertz CT molecular complexity index is 822. The highest BCUT2D eigenvalue weighted by molar-refractivity contribution is 5.96. The standard InChI is InChI=1S/C20H22FNO5/c1-4-25-15-8-9-18(26-5-2)17(11-15)22-19(23)12-27-20(24)14-7-6-13(3)16(21)10-14/h6-11H,4-5,12H2,1-3H3,(H,22,23). The molecule has 0 spiro atoms. The van der Waals surface area contributed by atoms with Gasteiger partial charge in [-0.05, 0) is 50.6 Å². The first-order chi connectivity index (χ1) is 12.9. The number of anilines is 1. The average Bonchev–Trinajstić information content (AvgIpc) is 2.64. The van der Waals surface area contributed by atoms with Gasteiger partial charge >= 0.3 is 5.97 Å². The van der Waals surface area contributed by atoms with Crippen molar-refractivity contribution in [1.82, 2.24) is 0 Å². The molecule has 2 aromatic rings. The Hall–Kier alpha value is -3.09. The third-order valence-corrected chi connectivity index (χ3v) is 3.58. The normalized spacial score (nSPS) is 10.2. The van der Waals surface area contributed by atoms with Crippen LogP contribution < -0.4 is 14.8 Å². The van der Waals surface area contributed by atoms with Crippen LogP contribution in [0.1, 0.15) is 29.8 Å². The van der Waals surface area contributed by atoms with Gasteiger partial charge in [-0.1, -0.05) is 6.07 Å². The largest absolute Gasteiger partial charge is 0.494 e. The van der Waals surface area contributed by atoms with Crippen molar-refractivity contribution in [1.29, 1.82) is 0 Å². The lowest BCUT2D eigenvalue weighted by Crippen LogP contribution is -2.21. The van der Waals surface area contributed by atoms with Crippen molar-refractivity contribution in [3.05, 3.63) is 53.3 Å². The summed E-state index contributed by atoms with van der Waals surface area (Å²) in [5.41, 5.74) is 0.867. The summed E-state index contributed by atoms with van der Waals surface area (Å²) < 4.78 is 29.4. The van der Waals surface area contributed by atoms with E-state index in [1.165, 1.54) is 12.1 Å². The molecular weight excluding hydrogens is 353 g/mol. The van der Waals surface area contributed by atoms with Gasteiger partial charge in [0.2, 0.25) is 0 Å². The predicted molar refractivity (Wildman–Crippen MR) is 98.8 cm³/mol. The molecule has 0 heterocycles. The Morgan fingerprint density at radius 3 is 2.44 bits per heavy atom. The maximum absolute atomic E-state index is 13.5. The van der Waals surface area contributed by atoms with Crippen LogP contribution in [0.4, 0.5) is 10.1 Å². The molecule has 144 valence electrons. The smallest absolute Gasteiger partial charge is 0.338 e. The summed E-state index contributed by atoms with van der Waals surface area (Å²) in [7, 11) is 0. The van der Waals surface area contributed by atoms with Crippen molar-refractivity contribution in [3.8, 4) is 11.5 Å². The molecule has 0 unspecified atom stereocenters. The van der Waals surface area contributed by atoms with Gasteiger partial charge in [0.1, 0.15) is 17.3 Å². The van der Waals surface area contributed by atoms with E-state index in [2.05, 4.69) is 5.32 Å². The zero-order chi connectivity index (χ0) is 19.8. The number of carbonyl (C=O) groups is 2. The van der Waals surface area contributed by atoms with Gasteiger partial charge in [0.05, 0.1) is 24.5 Å². The van der Waals surface area contributed by atoms with Gasteiger partial charge < -0.3 is 19.5 Å². The van der Waals surface area contributed by atoms with Gasteiger partial charge in [-0.25, -0.2) is 9.18 Å². The third-order valence-electron chi connectivity index (χ3n) is 3.58. The van der Waals surface area contributed by atoms with Crippen LogP contribution in [0.5, 0.6) is 11.5 Å². The molecule has 7 heteroatoms. The van der Waals surface area contributed by atoms with E-state index >= 15 is 0 Å². The minimum absolute atomic E-state index is 0.0410. The van der Waals surface area contributed by atoms with E-state index in [-0.39, 0.29) is 5.56 Å². The summed E-state index contributed by atoms with van der Waals surface area (Å²) in [6.45, 7) is 5.65. The molecule has 0 atom stereocenters. The highest BCUT2D eigenvalue weighted by atomic mass is 19.1. The average molecular weight is 375 g/mol. The molecular formula is C20H22FNO5. The summed E-state index contributed by atoms with van der Waals surface area (Å²) in [4.78, 5) is 24.1. The summed E-state index contributed by atoms with van der Waals surface area (Å²) >= 11 is 0. The summed E-state index contributed by atoms with van der Waals surface area (Å²) in [6, 6.07) is 9.04. The van der Waals surface area contributed by atoms with Crippen molar-refractivity contribution in [2.24, 2.45) is 0 Å². The zero-order valence-corrected chi connectivity index (χ0v) is 15.5. The molecule has 0 aliphatic carbocycles. The van der Waals surface area contributed by atoms with Crippen molar-refractivity contribution < 1.29 is 28.2 Å². The summed E-state index contributed by atoms with van der Waals surface area (Å²) in [6.07, 6.45) is 0. The summed E-state index contributed by atoms with van der Waals surface area (Å²) in [5, 5.41) is 2.63. The number of aryl methyl sites for hydroxylation is 1. The van der Waals surface area contributed by atoms with E-state index in [0.29, 0.717) is 36.0 Å². The number of ether oxygens (including phenoxy) is 3. The van der Waals surface area contributed by atoms with Gasteiger partial charge in [-0.2, -0.15) is 0 Å². The van der Waals surface area contributed by atoms with Crippen LogP contribution in [0.25, 0.3) is 0 Å². The van der Waals surface area contributed by atoms with Crippen LogP contribution in [-0.2, 0) is 9.53 Å². The third kappa shape index (κ3) is 5.70. The molecule has 0 aromatic heterocycles. The maximum atomic E-state index is 13.5. The predicted octanol–water partition coefficient (Wildman–Crippen LogP) is 3.73. The molecule has 0 bridgehead atoms. The molecule has 0 aliphatic rings. The van der Waals surface area contributed by atoms with Crippen LogP contribution in [0.2, 0.25) is 0 Å². The number of nitrogens with one attached hydrogen (secondary N) is 1. The fourth-order valence-electron chi connectivity index (χ4n) is 2.27. The number of amides is 1. The van der Waals surface area contributed by atoms with Crippen molar-refractivity contribution >= 4 is 17.6 Å². The second-order valence-corrected chi connectivity index (χ2v) is 5.61. The SMILES string of the molecule is CCOc1ccc(OCC)c(NC(=O)COC(=O)c2ccc(C)c(F)c2)c1. The van der Waals surface area contributed by atoms with E-state index in [0.717, 1.165) is 6.07 Å². The number of benzene rings is 2.